The number of nitrogens with zero attached hydrogens (tertiary/aromatic N) is 1. The van der Waals surface area contributed by atoms with Crippen LogP contribution in [0.2, 0.25) is 5.02 Å². The minimum absolute atomic E-state index is 0.595. The fraction of sp³-hybridized carbons (Fsp3) is 0.118. The van der Waals surface area contributed by atoms with Crippen molar-refractivity contribution in [3.05, 3.63) is 64.8 Å². The van der Waals surface area contributed by atoms with Crippen molar-refractivity contribution >= 4 is 28.8 Å². The van der Waals surface area contributed by atoms with E-state index in [0.717, 1.165) is 28.5 Å². The Hall–Kier alpha value is -2.26. The first-order valence-corrected chi connectivity index (χ1v) is 6.96. The van der Waals surface area contributed by atoms with Crippen molar-refractivity contribution in [2.75, 3.05) is 7.11 Å². The summed E-state index contributed by atoms with van der Waals surface area (Å²) in [6.07, 6.45) is 2.74. The maximum absolute atomic E-state index is 11.2. The lowest BCUT2D eigenvalue weighted by atomic mass is 10.2. The third kappa shape index (κ3) is 2.52. The Labute approximate surface area is 127 Å². The number of methoxy groups -OCH3 is 1. The van der Waals surface area contributed by atoms with Crippen LogP contribution in [-0.2, 0) is 6.54 Å². The Morgan fingerprint density at radius 1 is 1.24 bits per heavy atom. The molecule has 2 aromatic carbocycles. The topological polar surface area (TPSA) is 31.2 Å². The van der Waals surface area contributed by atoms with Crippen LogP contribution >= 0.6 is 11.6 Å². The molecule has 0 amide bonds. The Kier molecular flexibility index (Phi) is 3.67. The van der Waals surface area contributed by atoms with Crippen molar-refractivity contribution in [2.24, 2.45) is 0 Å². The molecular weight excluding hydrogens is 286 g/mol. The minimum Gasteiger partial charge on any atom is -0.496 e. The van der Waals surface area contributed by atoms with Gasteiger partial charge in [-0.3, -0.25) is 4.79 Å². The number of ether oxygens (including phenoxy) is 1. The van der Waals surface area contributed by atoms with Crippen molar-refractivity contribution in [1.29, 1.82) is 0 Å². The zero-order valence-corrected chi connectivity index (χ0v) is 12.3. The van der Waals surface area contributed by atoms with Crippen LogP contribution in [-0.4, -0.2) is 18.0 Å². The zero-order valence-electron chi connectivity index (χ0n) is 11.5. The molecule has 0 aliphatic carbocycles. The fourth-order valence-corrected chi connectivity index (χ4v) is 2.75. The molecule has 106 valence electrons. The highest BCUT2D eigenvalue weighted by Crippen LogP contribution is 2.26. The normalized spacial score (nSPS) is 10.8. The van der Waals surface area contributed by atoms with E-state index in [1.807, 2.05) is 47.2 Å². The SMILES string of the molecule is COc1ccc(Cl)cc1Cn1cc(C=O)c2ccccc21. The number of carbonyl (C=O) groups is 1. The lowest BCUT2D eigenvalue weighted by molar-refractivity contribution is 0.112. The van der Waals surface area contributed by atoms with Gasteiger partial charge in [-0.2, -0.15) is 0 Å². The standard InChI is InChI=1S/C17H14ClNO2/c1-21-17-7-6-14(18)8-12(17)9-19-10-13(11-20)15-4-2-3-5-16(15)19/h2-8,10-11H,9H2,1H3. The zero-order chi connectivity index (χ0) is 14.8. The smallest absolute Gasteiger partial charge is 0.152 e. The first-order chi connectivity index (χ1) is 10.2. The van der Waals surface area contributed by atoms with Gasteiger partial charge >= 0.3 is 0 Å². The van der Waals surface area contributed by atoms with E-state index in [4.69, 9.17) is 16.3 Å². The van der Waals surface area contributed by atoms with Gasteiger partial charge in [-0.25, -0.2) is 0 Å². The fourth-order valence-electron chi connectivity index (χ4n) is 2.55. The monoisotopic (exact) mass is 299 g/mol. The van der Waals surface area contributed by atoms with E-state index in [-0.39, 0.29) is 0 Å². The molecule has 0 atom stereocenters. The van der Waals surface area contributed by atoms with Crippen LogP contribution in [0, 0.1) is 0 Å². The number of benzene rings is 2. The van der Waals surface area contributed by atoms with Crippen molar-refractivity contribution in [3.63, 3.8) is 0 Å². The predicted molar refractivity (Wildman–Crippen MR) is 84.4 cm³/mol. The van der Waals surface area contributed by atoms with Crippen LogP contribution in [0.3, 0.4) is 0 Å². The van der Waals surface area contributed by atoms with Crippen LogP contribution in [0.15, 0.2) is 48.7 Å². The summed E-state index contributed by atoms with van der Waals surface area (Å²) in [6.45, 7) is 0.595. The quantitative estimate of drug-likeness (QED) is 0.677. The second-order valence-electron chi connectivity index (χ2n) is 4.80. The molecule has 3 rings (SSSR count). The molecule has 0 spiro atoms. The number of para-hydroxylation sites is 1. The van der Waals surface area contributed by atoms with E-state index in [9.17, 15) is 4.79 Å². The summed E-state index contributed by atoms with van der Waals surface area (Å²) in [5.41, 5.74) is 2.68. The van der Waals surface area contributed by atoms with Crippen LogP contribution < -0.4 is 4.74 Å². The van der Waals surface area contributed by atoms with Crippen molar-refractivity contribution < 1.29 is 9.53 Å². The summed E-state index contributed by atoms with van der Waals surface area (Å²) < 4.78 is 7.41. The van der Waals surface area contributed by atoms with Crippen molar-refractivity contribution in [3.8, 4) is 5.75 Å². The molecule has 0 aliphatic rings. The maximum Gasteiger partial charge on any atom is 0.152 e. The van der Waals surface area contributed by atoms with Crippen LogP contribution in [0.4, 0.5) is 0 Å². The highest BCUT2D eigenvalue weighted by Gasteiger charge is 2.10. The summed E-state index contributed by atoms with van der Waals surface area (Å²) >= 11 is 6.07. The van der Waals surface area contributed by atoms with E-state index in [0.29, 0.717) is 17.1 Å². The molecule has 0 aliphatic heterocycles. The Morgan fingerprint density at radius 2 is 2.05 bits per heavy atom. The van der Waals surface area contributed by atoms with Crippen LogP contribution in [0.1, 0.15) is 15.9 Å². The molecule has 0 saturated heterocycles. The average Bonchev–Trinajstić information content (AvgIpc) is 2.86. The molecule has 1 aromatic heterocycles. The lowest BCUT2D eigenvalue weighted by Gasteiger charge is -2.11. The van der Waals surface area contributed by atoms with Gasteiger partial charge in [-0.05, 0) is 24.3 Å². The molecule has 1 heterocycles. The second-order valence-corrected chi connectivity index (χ2v) is 5.24. The van der Waals surface area contributed by atoms with Gasteiger partial charge in [0.25, 0.3) is 0 Å². The van der Waals surface area contributed by atoms with Gasteiger partial charge in [0.2, 0.25) is 0 Å². The van der Waals surface area contributed by atoms with E-state index in [1.54, 1.807) is 13.2 Å². The molecule has 0 saturated carbocycles. The van der Waals surface area contributed by atoms with Gasteiger partial charge in [0.15, 0.2) is 6.29 Å². The Morgan fingerprint density at radius 3 is 2.81 bits per heavy atom. The number of halogens is 1. The third-order valence-corrected chi connectivity index (χ3v) is 3.76. The molecule has 21 heavy (non-hydrogen) atoms. The highest BCUT2D eigenvalue weighted by molar-refractivity contribution is 6.30. The van der Waals surface area contributed by atoms with E-state index in [2.05, 4.69) is 0 Å². The van der Waals surface area contributed by atoms with Gasteiger partial charge in [-0.15, -0.1) is 0 Å². The summed E-state index contributed by atoms with van der Waals surface area (Å²) in [5, 5.41) is 1.62. The molecule has 4 heteroatoms. The van der Waals surface area contributed by atoms with Crippen LogP contribution in [0.25, 0.3) is 10.9 Å². The number of aromatic nitrogens is 1. The number of carbonyl (C=O) groups excluding carboxylic acids is 1. The molecule has 0 radical (unpaired) electrons. The number of fused-ring (bicyclic) bond motifs is 1. The summed E-state index contributed by atoms with van der Waals surface area (Å²) in [4.78, 5) is 11.2. The van der Waals surface area contributed by atoms with E-state index < -0.39 is 0 Å². The van der Waals surface area contributed by atoms with Crippen LogP contribution in [0.5, 0.6) is 5.75 Å². The van der Waals surface area contributed by atoms with Crippen molar-refractivity contribution in [1.82, 2.24) is 4.57 Å². The second kappa shape index (κ2) is 5.62. The highest BCUT2D eigenvalue weighted by atomic mass is 35.5. The van der Waals surface area contributed by atoms with E-state index in [1.165, 1.54) is 0 Å². The minimum atomic E-state index is 0.595. The molecule has 3 nitrogen and oxygen atoms in total. The molecular formula is C17H14ClNO2. The van der Waals surface area contributed by atoms with Gasteiger partial charge in [-0.1, -0.05) is 29.8 Å². The number of hydrogen-bond acceptors (Lipinski definition) is 2. The largest absolute Gasteiger partial charge is 0.496 e. The maximum atomic E-state index is 11.2. The first-order valence-electron chi connectivity index (χ1n) is 6.58. The summed E-state index contributed by atoms with van der Waals surface area (Å²) in [5.74, 6) is 0.782. The lowest BCUT2D eigenvalue weighted by Crippen LogP contribution is -2.00. The average molecular weight is 300 g/mol. The van der Waals surface area contributed by atoms with Crippen molar-refractivity contribution in [2.45, 2.75) is 6.54 Å². The van der Waals surface area contributed by atoms with Gasteiger partial charge in [0, 0.05) is 33.2 Å². The first kappa shape index (κ1) is 13.7. The molecule has 0 fully saturated rings. The number of hydrogen-bond donors (Lipinski definition) is 0. The van der Waals surface area contributed by atoms with Gasteiger partial charge < -0.3 is 9.30 Å². The summed E-state index contributed by atoms with van der Waals surface area (Å²) in [7, 11) is 1.64. The van der Waals surface area contributed by atoms with Gasteiger partial charge in [0.05, 0.1) is 13.7 Å². The van der Waals surface area contributed by atoms with E-state index >= 15 is 0 Å². The predicted octanol–water partition coefficient (Wildman–Crippen LogP) is 4.16. The molecule has 0 N–H and O–H groups in total. The number of rotatable bonds is 4. The molecule has 3 aromatic rings. The molecule has 0 bridgehead atoms. The number of aldehydes is 1. The third-order valence-electron chi connectivity index (χ3n) is 3.53. The Balaban J connectivity index is 2.10. The van der Waals surface area contributed by atoms with Gasteiger partial charge in [0.1, 0.15) is 5.75 Å². The Bertz CT molecular complexity index is 808. The molecule has 0 unspecified atom stereocenters. The summed E-state index contributed by atoms with van der Waals surface area (Å²) in [6, 6.07) is 13.4.